The van der Waals surface area contributed by atoms with Crippen LogP contribution in [0, 0.1) is 5.92 Å². The summed E-state index contributed by atoms with van der Waals surface area (Å²) in [6, 6.07) is 3.24. The summed E-state index contributed by atoms with van der Waals surface area (Å²) in [4.78, 5) is 23.7. The molecule has 1 aliphatic carbocycles. The molecule has 3 atom stereocenters. The summed E-state index contributed by atoms with van der Waals surface area (Å²) in [7, 11) is 0. The van der Waals surface area contributed by atoms with Gasteiger partial charge in [0.1, 0.15) is 0 Å². The van der Waals surface area contributed by atoms with E-state index in [4.69, 9.17) is 9.84 Å². The van der Waals surface area contributed by atoms with E-state index in [1.807, 2.05) is 24.4 Å². The molecule has 0 saturated heterocycles. The average Bonchev–Trinajstić information content (AvgIpc) is 2.90. The van der Waals surface area contributed by atoms with Crippen LogP contribution < -0.4 is 5.32 Å². The highest BCUT2D eigenvalue weighted by atomic mass is 32.1. The molecule has 1 aromatic heterocycles. The van der Waals surface area contributed by atoms with Crippen LogP contribution in [0.15, 0.2) is 17.5 Å². The van der Waals surface area contributed by atoms with Crippen molar-refractivity contribution in [3.8, 4) is 0 Å². The number of carboxylic acids is 1. The number of thiophene rings is 1. The highest BCUT2D eigenvalue weighted by Crippen LogP contribution is 2.35. The Kier molecular flexibility index (Phi) is 4.55. The Hall–Kier alpha value is -1.40. The average molecular weight is 283 g/mol. The van der Waals surface area contributed by atoms with Crippen LogP contribution in [0.4, 0.5) is 0 Å². The molecule has 1 fully saturated rings. The molecular formula is C13H17NO4S. The van der Waals surface area contributed by atoms with Crippen molar-refractivity contribution in [1.82, 2.24) is 5.32 Å². The number of carboxylic acid groups (broad SMARTS) is 1. The molecule has 1 aliphatic rings. The standard InChI is InChI=1S/C13H17NO4S/c1-2-18-10-6-8(10)13(17)14-9(7-12(15)16)11-4-3-5-19-11/h3-5,8-10H,2,6-7H2,1H3,(H,14,17)(H,15,16)/t8-,9+,10-/m1/s1. The molecule has 0 spiro atoms. The van der Waals surface area contributed by atoms with Crippen LogP contribution in [-0.4, -0.2) is 29.7 Å². The monoisotopic (exact) mass is 283 g/mol. The van der Waals surface area contributed by atoms with E-state index < -0.39 is 12.0 Å². The second-order valence-corrected chi connectivity index (χ2v) is 5.49. The summed E-state index contributed by atoms with van der Waals surface area (Å²) in [6.45, 7) is 2.49. The van der Waals surface area contributed by atoms with Crippen molar-refractivity contribution in [3.63, 3.8) is 0 Å². The van der Waals surface area contributed by atoms with E-state index in [2.05, 4.69) is 5.32 Å². The van der Waals surface area contributed by atoms with Gasteiger partial charge >= 0.3 is 5.97 Å². The van der Waals surface area contributed by atoms with Crippen LogP contribution in [0.5, 0.6) is 0 Å². The van der Waals surface area contributed by atoms with Gasteiger partial charge in [-0.2, -0.15) is 0 Å². The molecule has 0 radical (unpaired) electrons. The number of aliphatic carboxylic acids is 1. The van der Waals surface area contributed by atoms with Gasteiger partial charge in [0.25, 0.3) is 0 Å². The van der Waals surface area contributed by atoms with Crippen molar-refractivity contribution in [1.29, 1.82) is 0 Å². The van der Waals surface area contributed by atoms with Gasteiger partial charge in [-0.25, -0.2) is 0 Å². The Balaban J connectivity index is 1.93. The molecule has 0 unspecified atom stereocenters. The lowest BCUT2D eigenvalue weighted by molar-refractivity contribution is -0.137. The molecule has 104 valence electrons. The van der Waals surface area contributed by atoms with E-state index in [1.54, 1.807) is 0 Å². The Morgan fingerprint density at radius 1 is 1.63 bits per heavy atom. The first kappa shape index (κ1) is 14.0. The van der Waals surface area contributed by atoms with Gasteiger partial charge in [0.15, 0.2) is 0 Å². The molecule has 2 rings (SSSR count). The molecule has 0 aliphatic heterocycles. The lowest BCUT2D eigenvalue weighted by atomic mass is 10.1. The molecular weight excluding hydrogens is 266 g/mol. The van der Waals surface area contributed by atoms with Crippen LogP contribution >= 0.6 is 11.3 Å². The Morgan fingerprint density at radius 3 is 3.00 bits per heavy atom. The Morgan fingerprint density at radius 2 is 2.42 bits per heavy atom. The van der Waals surface area contributed by atoms with Crippen molar-refractivity contribution in [2.75, 3.05) is 6.61 Å². The topological polar surface area (TPSA) is 75.6 Å². The van der Waals surface area contributed by atoms with Crippen LogP contribution in [0.25, 0.3) is 0 Å². The van der Waals surface area contributed by atoms with Gasteiger partial charge in [-0.15, -0.1) is 11.3 Å². The molecule has 19 heavy (non-hydrogen) atoms. The molecule has 6 heteroatoms. The minimum atomic E-state index is -0.921. The van der Waals surface area contributed by atoms with E-state index in [1.165, 1.54) is 11.3 Å². The fourth-order valence-corrected chi connectivity index (χ4v) is 2.79. The van der Waals surface area contributed by atoms with Crippen molar-refractivity contribution in [3.05, 3.63) is 22.4 Å². The third kappa shape index (κ3) is 3.78. The van der Waals surface area contributed by atoms with E-state index in [-0.39, 0.29) is 24.3 Å². The summed E-state index contributed by atoms with van der Waals surface area (Å²) in [5.41, 5.74) is 0. The lowest BCUT2D eigenvalue weighted by Gasteiger charge is -2.15. The molecule has 1 aromatic rings. The molecule has 0 bridgehead atoms. The third-order valence-electron chi connectivity index (χ3n) is 3.03. The molecule has 1 heterocycles. The van der Waals surface area contributed by atoms with Gasteiger partial charge in [0, 0.05) is 11.5 Å². The highest BCUT2D eigenvalue weighted by Gasteiger charge is 2.44. The van der Waals surface area contributed by atoms with Gasteiger partial charge in [-0.05, 0) is 24.8 Å². The quantitative estimate of drug-likeness (QED) is 0.800. The van der Waals surface area contributed by atoms with Crippen LogP contribution in [-0.2, 0) is 14.3 Å². The number of nitrogens with one attached hydrogen (secondary N) is 1. The summed E-state index contributed by atoms with van der Waals surface area (Å²) in [6.07, 6.45) is 0.626. The molecule has 0 aromatic carbocycles. The van der Waals surface area contributed by atoms with Gasteiger partial charge in [0.2, 0.25) is 5.91 Å². The second-order valence-electron chi connectivity index (χ2n) is 4.51. The normalized spacial score (nSPS) is 22.8. The zero-order chi connectivity index (χ0) is 13.8. The fraction of sp³-hybridized carbons (Fsp3) is 0.538. The minimum absolute atomic E-state index is 0.00110. The van der Waals surface area contributed by atoms with Crippen LogP contribution in [0.1, 0.15) is 30.7 Å². The Bertz CT molecular complexity index is 446. The number of amides is 1. The van der Waals surface area contributed by atoms with Crippen molar-refractivity contribution >= 4 is 23.2 Å². The van der Waals surface area contributed by atoms with Crippen molar-refractivity contribution < 1.29 is 19.4 Å². The number of hydrogen-bond donors (Lipinski definition) is 2. The van der Waals surface area contributed by atoms with Crippen LogP contribution in [0.2, 0.25) is 0 Å². The first-order chi connectivity index (χ1) is 9.11. The number of carbonyl (C=O) groups excluding carboxylic acids is 1. The molecule has 1 amide bonds. The largest absolute Gasteiger partial charge is 0.481 e. The number of carbonyl (C=O) groups is 2. The zero-order valence-corrected chi connectivity index (χ0v) is 11.5. The molecule has 5 nitrogen and oxygen atoms in total. The number of ether oxygens (including phenoxy) is 1. The van der Waals surface area contributed by atoms with Gasteiger partial charge in [0.05, 0.1) is 24.5 Å². The maximum Gasteiger partial charge on any atom is 0.305 e. The van der Waals surface area contributed by atoms with E-state index in [9.17, 15) is 9.59 Å². The summed E-state index contributed by atoms with van der Waals surface area (Å²) in [5.74, 6) is -1.16. The van der Waals surface area contributed by atoms with Crippen molar-refractivity contribution in [2.24, 2.45) is 5.92 Å². The van der Waals surface area contributed by atoms with Gasteiger partial charge < -0.3 is 15.2 Å². The SMILES string of the molecule is CCO[C@@H]1C[C@H]1C(=O)N[C@@H](CC(=O)O)c1cccs1. The van der Waals surface area contributed by atoms with Gasteiger partial charge in [-0.1, -0.05) is 6.07 Å². The maximum atomic E-state index is 12.0. The lowest BCUT2D eigenvalue weighted by Crippen LogP contribution is -2.31. The summed E-state index contributed by atoms with van der Waals surface area (Å²) < 4.78 is 5.37. The smallest absolute Gasteiger partial charge is 0.305 e. The summed E-state index contributed by atoms with van der Waals surface area (Å²) in [5, 5.41) is 13.6. The van der Waals surface area contributed by atoms with Crippen LogP contribution in [0.3, 0.4) is 0 Å². The number of rotatable bonds is 7. The van der Waals surface area contributed by atoms with Crippen molar-refractivity contribution in [2.45, 2.75) is 31.9 Å². The fourth-order valence-electron chi connectivity index (χ4n) is 2.01. The first-order valence-corrected chi connectivity index (χ1v) is 7.17. The minimum Gasteiger partial charge on any atom is -0.481 e. The highest BCUT2D eigenvalue weighted by molar-refractivity contribution is 7.10. The third-order valence-corrected chi connectivity index (χ3v) is 4.02. The predicted molar refractivity (Wildman–Crippen MR) is 71.0 cm³/mol. The summed E-state index contributed by atoms with van der Waals surface area (Å²) >= 11 is 1.45. The first-order valence-electron chi connectivity index (χ1n) is 6.29. The van der Waals surface area contributed by atoms with E-state index in [0.29, 0.717) is 6.61 Å². The van der Waals surface area contributed by atoms with Gasteiger partial charge in [-0.3, -0.25) is 9.59 Å². The Labute approximate surface area is 115 Å². The van der Waals surface area contributed by atoms with E-state index in [0.717, 1.165) is 11.3 Å². The maximum absolute atomic E-state index is 12.0. The number of hydrogen-bond acceptors (Lipinski definition) is 4. The molecule has 2 N–H and O–H groups in total. The molecule has 1 saturated carbocycles. The predicted octanol–water partition coefficient (Wildman–Crippen LogP) is 1.81. The zero-order valence-electron chi connectivity index (χ0n) is 10.7. The van der Waals surface area contributed by atoms with E-state index >= 15 is 0 Å². The second kappa shape index (κ2) is 6.16.